The van der Waals surface area contributed by atoms with Crippen LogP contribution in [0.4, 0.5) is 5.82 Å². The van der Waals surface area contributed by atoms with Crippen molar-refractivity contribution < 1.29 is 4.74 Å². The standard InChI is InChI=1S/C27H32N6O/c1-3-8-25-29-26(24-19-28-33(27(24)30-25)22-9-5-4-6-10-22)32-16-7-15-31(17-18-32)20-21-11-13-23(34-2)14-12-21/h4-6,9-14,19H,3,7-8,15-18,20H2,1-2H3. The number of hydrogen-bond acceptors (Lipinski definition) is 6. The van der Waals surface area contributed by atoms with Gasteiger partial charge in [-0.15, -0.1) is 0 Å². The molecule has 0 N–H and O–H groups in total. The van der Waals surface area contributed by atoms with Gasteiger partial charge in [0, 0.05) is 39.1 Å². The van der Waals surface area contributed by atoms with Gasteiger partial charge in [0.15, 0.2) is 5.65 Å². The highest BCUT2D eigenvalue weighted by Crippen LogP contribution is 2.27. The minimum Gasteiger partial charge on any atom is -0.497 e. The lowest BCUT2D eigenvalue weighted by molar-refractivity contribution is 0.285. The Morgan fingerprint density at radius 1 is 0.912 bits per heavy atom. The Hall–Kier alpha value is -3.45. The van der Waals surface area contributed by atoms with Crippen LogP contribution < -0.4 is 9.64 Å². The number of rotatable bonds is 7. The Labute approximate surface area is 201 Å². The fourth-order valence-electron chi connectivity index (χ4n) is 4.60. The summed E-state index contributed by atoms with van der Waals surface area (Å²) in [5.74, 6) is 2.81. The molecule has 3 heterocycles. The molecule has 7 nitrogen and oxygen atoms in total. The van der Waals surface area contributed by atoms with Crippen LogP contribution in [0.1, 0.15) is 31.2 Å². The van der Waals surface area contributed by atoms with Gasteiger partial charge in [0.05, 0.1) is 24.4 Å². The number of ether oxygens (including phenoxy) is 1. The number of aryl methyl sites for hydroxylation is 1. The number of nitrogens with zero attached hydrogens (tertiary/aromatic N) is 6. The Morgan fingerprint density at radius 3 is 2.50 bits per heavy atom. The number of methoxy groups -OCH3 is 1. The zero-order valence-corrected chi connectivity index (χ0v) is 20.0. The Bertz CT molecular complexity index is 1220. The topological polar surface area (TPSA) is 59.3 Å². The third kappa shape index (κ3) is 4.75. The zero-order chi connectivity index (χ0) is 23.3. The molecule has 0 amide bonds. The van der Waals surface area contributed by atoms with Crippen molar-refractivity contribution in [1.29, 1.82) is 0 Å². The minimum absolute atomic E-state index is 0.861. The van der Waals surface area contributed by atoms with Gasteiger partial charge in [-0.3, -0.25) is 4.90 Å². The molecule has 5 rings (SSSR count). The first-order valence-electron chi connectivity index (χ1n) is 12.2. The second kappa shape index (κ2) is 10.2. The van der Waals surface area contributed by atoms with Gasteiger partial charge in [-0.2, -0.15) is 5.10 Å². The average molecular weight is 457 g/mol. The van der Waals surface area contributed by atoms with Crippen LogP contribution in [0, 0.1) is 0 Å². The fourth-order valence-corrected chi connectivity index (χ4v) is 4.60. The van der Waals surface area contributed by atoms with Gasteiger partial charge in [-0.1, -0.05) is 37.3 Å². The first kappa shape index (κ1) is 22.3. The summed E-state index contributed by atoms with van der Waals surface area (Å²) in [4.78, 5) is 14.9. The lowest BCUT2D eigenvalue weighted by Crippen LogP contribution is -2.31. The number of fused-ring (bicyclic) bond motifs is 1. The van der Waals surface area contributed by atoms with E-state index in [4.69, 9.17) is 19.8 Å². The van der Waals surface area contributed by atoms with E-state index in [2.05, 4.69) is 41.0 Å². The van der Waals surface area contributed by atoms with Crippen molar-refractivity contribution in [2.24, 2.45) is 0 Å². The predicted molar refractivity (Wildman–Crippen MR) is 136 cm³/mol. The summed E-state index contributed by atoms with van der Waals surface area (Å²) in [5.41, 5.74) is 3.22. The van der Waals surface area contributed by atoms with E-state index in [0.29, 0.717) is 0 Å². The normalized spacial score (nSPS) is 14.9. The molecule has 7 heteroatoms. The molecule has 1 saturated heterocycles. The maximum Gasteiger partial charge on any atom is 0.168 e. The molecule has 34 heavy (non-hydrogen) atoms. The SMILES string of the molecule is CCCc1nc(N2CCCN(Cc3ccc(OC)cc3)CC2)c2cnn(-c3ccccc3)c2n1. The summed E-state index contributed by atoms with van der Waals surface area (Å²) in [7, 11) is 1.71. The van der Waals surface area contributed by atoms with Crippen molar-refractivity contribution in [1.82, 2.24) is 24.6 Å². The monoisotopic (exact) mass is 456 g/mol. The minimum atomic E-state index is 0.861. The molecular formula is C27H32N6O. The van der Waals surface area contributed by atoms with Crippen LogP contribution in [-0.4, -0.2) is 57.9 Å². The highest BCUT2D eigenvalue weighted by atomic mass is 16.5. The number of benzene rings is 2. The zero-order valence-electron chi connectivity index (χ0n) is 20.0. The Morgan fingerprint density at radius 2 is 1.74 bits per heavy atom. The molecule has 2 aromatic heterocycles. The van der Waals surface area contributed by atoms with E-state index in [9.17, 15) is 0 Å². The molecule has 0 unspecified atom stereocenters. The van der Waals surface area contributed by atoms with Crippen LogP contribution in [0.5, 0.6) is 5.75 Å². The van der Waals surface area contributed by atoms with Crippen molar-refractivity contribution in [2.45, 2.75) is 32.7 Å². The highest BCUT2D eigenvalue weighted by Gasteiger charge is 2.21. The molecule has 2 aromatic carbocycles. The molecule has 0 aliphatic carbocycles. The van der Waals surface area contributed by atoms with Crippen LogP contribution >= 0.6 is 0 Å². The molecular weight excluding hydrogens is 424 g/mol. The average Bonchev–Trinajstić information content (AvgIpc) is 3.17. The van der Waals surface area contributed by atoms with E-state index >= 15 is 0 Å². The molecule has 1 fully saturated rings. The molecule has 4 aromatic rings. The predicted octanol–water partition coefficient (Wildman–Crippen LogP) is 4.49. The first-order chi connectivity index (χ1) is 16.7. The Balaban J connectivity index is 1.40. The summed E-state index contributed by atoms with van der Waals surface area (Å²) in [6.45, 7) is 7.10. The maximum atomic E-state index is 5.30. The van der Waals surface area contributed by atoms with Gasteiger partial charge in [0.2, 0.25) is 0 Å². The number of hydrogen-bond donors (Lipinski definition) is 0. The summed E-state index contributed by atoms with van der Waals surface area (Å²) < 4.78 is 7.23. The molecule has 0 atom stereocenters. The van der Waals surface area contributed by atoms with Crippen LogP contribution in [0.25, 0.3) is 16.7 Å². The van der Waals surface area contributed by atoms with E-state index in [1.54, 1.807) is 7.11 Å². The van der Waals surface area contributed by atoms with Gasteiger partial charge in [-0.25, -0.2) is 14.6 Å². The van der Waals surface area contributed by atoms with Crippen molar-refractivity contribution >= 4 is 16.9 Å². The third-order valence-electron chi connectivity index (χ3n) is 6.38. The van der Waals surface area contributed by atoms with Gasteiger partial charge < -0.3 is 9.64 Å². The van der Waals surface area contributed by atoms with Crippen molar-refractivity contribution in [3.8, 4) is 11.4 Å². The summed E-state index contributed by atoms with van der Waals surface area (Å²) in [5, 5.41) is 5.72. The van der Waals surface area contributed by atoms with E-state index in [-0.39, 0.29) is 0 Å². The molecule has 0 radical (unpaired) electrons. The highest BCUT2D eigenvalue weighted by molar-refractivity contribution is 5.88. The van der Waals surface area contributed by atoms with Crippen LogP contribution in [0.3, 0.4) is 0 Å². The van der Waals surface area contributed by atoms with Crippen LogP contribution in [-0.2, 0) is 13.0 Å². The smallest absolute Gasteiger partial charge is 0.168 e. The molecule has 0 bridgehead atoms. The van der Waals surface area contributed by atoms with E-state index in [0.717, 1.165) is 86.1 Å². The van der Waals surface area contributed by atoms with Gasteiger partial charge in [0.1, 0.15) is 17.4 Å². The first-order valence-corrected chi connectivity index (χ1v) is 12.2. The third-order valence-corrected chi connectivity index (χ3v) is 6.38. The fraction of sp³-hybridized carbons (Fsp3) is 0.370. The number of aromatic nitrogens is 4. The second-order valence-electron chi connectivity index (χ2n) is 8.81. The maximum absolute atomic E-state index is 5.30. The summed E-state index contributed by atoms with van der Waals surface area (Å²) in [6, 6.07) is 18.6. The molecule has 0 saturated carbocycles. The van der Waals surface area contributed by atoms with Crippen molar-refractivity contribution in [3.05, 3.63) is 72.2 Å². The molecule has 1 aliphatic rings. The van der Waals surface area contributed by atoms with Crippen LogP contribution in [0.15, 0.2) is 60.8 Å². The van der Waals surface area contributed by atoms with Crippen molar-refractivity contribution in [3.63, 3.8) is 0 Å². The van der Waals surface area contributed by atoms with Gasteiger partial charge in [0.25, 0.3) is 0 Å². The number of anilines is 1. The van der Waals surface area contributed by atoms with Crippen molar-refractivity contribution in [2.75, 3.05) is 38.2 Å². The number of para-hydroxylation sites is 1. The molecule has 176 valence electrons. The largest absolute Gasteiger partial charge is 0.497 e. The Kier molecular flexibility index (Phi) is 6.72. The van der Waals surface area contributed by atoms with Gasteiger partial charge >= 0.3 is 0 Å². The second-order valence-corrected chi connectivity index (χ2v) is 8.81. The van der Waals surface area contributed by atoms with E-state index in [1.807, 2.05) is 41.2 Å². The lowest BCUT2D eigenvalue weighted by atomic mass is 10.2. The van der Waals surface area contributed by atoms with Gasteiger partial charge in [-0.05, 0) is 42.7 Å². The molecule has 0 spiro atoms. The van der Waals surface area contributed by atoms with E-state index in [1.165, 1.54) is 5.56 Å². The quantitative estimate of drug-likeness (QED) is 0.408. The summed E-state index contributed by atoms with van der Waals surface area (Å²) >= 11 is 0. The molecule has 1 aliphatic heterocycles. The van der Waals surface area contributed by atoms with E-state index < -0.39 is 0 Å². The summed E-state index contributed by atoms with van der Waals surface area (Å²) in [6.07, 6.45) is 4.89. The lowest BCUT2D eigenvalue weighted by Gasteiger charge is -2.24. The van der Waals surface area contributed by atoms with Crippen LogP contribution in [0.2, 0.25) is 0 Å².